The Kier molecular flexibility index (Phi) is 4.12. The van der Waals surface area contributed by atoms with Crippen molar-refractivity contribution in [3.8, 4) is 16.9 Å². The summed E-state index contributed by atoms with van der Waals surface area (Å²) in [6.45, 7) is 1.12. The van der Waals surface area contributed by atoms with Gasteiger partial charge in [0.25, 0.3) is 5.76 Å². The van der Waals surface area contributed by atoms with Gasteiger partial charge in [-0.15, -0.1) is 0 Å². The lowest BCUT2D eigenvalue weighted by Crippen LogP contribution is -2.00. The first-order valence-electron chi connectivity index (χ1n) is 6.71. The van der Waals surface area contributed by atoms with Crippen LogP contribution in [0.4, 0.5) is 8.78 Å². The second-order valence-corrected chi connectivity index (χ2v) is 5.89. The molecule has 1 heterocycles. The van der Waals surface area contributed by atoms with Gasteiger partial charge in [-0.25, -0.2) is 0 Å². The number of benzene rings is 2. The third kappa shape index (κ3) is 3.04. The fourth-order valence-corrected chi connectivity index (χ4v) is 3.03. The Morgan fingerprint density at radius 1 is 1.14 bits per heavy atom. The number of thioether (sulfide) groups is 1. The van der Waals surface area contributed by atoms with Gasteiger partial charge in [-0.1, -0.05) is 23.9 Å². The van der Waals surface area contributed by atoms with E-state index >= 15 is 0 Å². The van der Waals surface area contributed by atoms with Crippen molar-refractivity contribution in [2.75, 3.05) is 6.61 Å². The lowest BCUT2D eigenvalue weighted by molar-refractivity contribution is 0.252. The molecule has 2 aromatic carbocycles. The molecule has 2 N–H and O–H groups in total. The summed E-state index contributed by atoms with van der Waals surface area (Å²) >= 11 is 0.557. The van der Waals surface area contributed by atoms with Crippen LogP contribution in [-0.4, -0.2) is 12.4 Å². The van der Waals surface area contributed by atoms with Gasteiger partial charge >= 0.3 is 0 Å². The summed E-state index contributed by atoms with van der Waals surface area (Å²) in [5, 5.41) is 0. The molecule has 110 valence electrons. The largest absolute Gasteiger partial charge is 0.493 e. The first kappa shape index (κ1) is 14.4. The van der Waals surface area contributed by atoms with Crippen LogP contribution in [0.25, 0.3) is 11.1 Å². The highest BCUT2D eigenvalue weighted by Crippen LogP contribution is 2.35. The predicted molar refractivity (Wildman–Crippen MR) is 80.8 cm³/mol. The van der Waals surface area contributed by atoms with Crippen LogP contribution in [0.2, 0.25) is 0 Å². The van der Waals surface area contributed by atoms with E-state index in [1.165, 1.54) is 5.56 Å². The van der Waals surface area contributed by atoms with E-state index in [0.717, 1.165) is 28.9 Å². The minimum Gasteiger partial charge on any atom is -0.493 e. The van der Waals surface area contributed by atoms with Crippen LogP contribution in [-0.2, 0) is 13.0 Å². The number of ether oxygens (including phenoxy) is 1. The summed E-state index contributed by atoms with van der Waals surface area (Å²) in [5.41, 5.74) is 9.99. The van der Waals surface area contributed by atoms with E-state index < -0.39 is 5.76 Å². The average Bonchev–Trinajstić information content (AvgIpc) is 2.94. The second kappa shape index (κ2) is 6.03. The Morgan fingerprint density at radius 2 is 1.90 bits per heavy atom. The summed E-state index contributed by atoms with van der Waals surface area (Å²) in [5.74, 6) is -1.48. The highest BCUT2D eigenvalue weighted by molar-refractivity contribution is 7.99. The zero-order valence-corrected chi connectivity index (χ0v) is 12.1. The number of halogens is 2. The molecule has 2 nitrogen and oxygen atoms in total. The van der Waals surface area contributed by atoms with Crippen molar-refractivity contribution < 1.29 is 13.5 Å². The van der Waals surface area contributed by atoms with E-state index in [9.17, 15) is 8.78 Å². The summed E-state index contributed by atoms with van der Waals surface area (Å²) in [6, 6.07) is 11.3. The van der Waals surface area contributed by atoms with Crippen molar-refractivity contribution in [2.24, 2.45) is 5.73 Å². The Bertz CT molecular complexity index is 643. The Balaban J connectivity index is 1.93. The summed E-state index contributed by atoms with van der Waals surface area (Å²) < 4.78 is 30.3. The molecule has 0 bridgehead atoms. The quantitative estimate of drug-likeness (QED) is 0.865. The monoisotopic (exact) mass is 307 g/mol. The van der Waals surface area contributed by atoms with Crippen LogP contribution in [0, 0.1) is 0 Å². The van der Waals surface area contributed by atoms with Gasteiger partial charge in [-0.05, 0) is 41.0 Å². The smallest absolute Gasteiger partial charge is 0.288 e. The van der Waals surface area contributed by atoms with Gasteiger partial charge in [0, 0.05) is 23.4 Å². The molecule has 1 aliphatic rings. The molecule has 0 amide bonds. The van der Waals surface area contributed by atoms with Crippen molar-refractivity contribution in [3.63, 3.8) is 0 Å². The Morgan fingerprint density at radius 3 is 2.57 bits per heavy atom. The number of fused-ring (bicyclic) bond motifs is 1. The summed E-state index contributed by atoms with van der Waals surface area (Å²) in [4.78, 5) is 0.567. The number of alkyl halides is 2. The molecule has 0 saturated heterocycles. The molecule has 3 rings (SSSR count). The standard InChI is InChI=1S/C16H15F2NOS/c17-16(18)21-14-3-1-10(2-4-14)12-7-11-5-6-20-15(11)13(8-12)9-19/h1-4,7-8,16H,5-6,9,19H2. The van der Waals surface area contributed by atoms with Crippen molar-refractivity contribution >= 4 is 11.8 Å². The SMILES string of the molecule is NCc1cc(-c2ccc(SC(F)F)cc2)cc2c1OCC2. The molecule has 0 saturated carbocycles. The zero-order chi connectivity index (χ0) is 14.8. The van der Waals surface area contributed by atoms with Gasteiger partial charge in [-0.2, -0.15) is 8.78 Å². The lowest BCUT2D eigenvalue weighted by Gasteiger charge is -2.10. The predicted octanol–water partition coefficient (Wildman–Crippen LogP) is 4.06. The van der Waals surface area contributed by atoms with E-state index in [-0.39, 0.29) is 0 Å². The van der Waals surface area contributed by atoms with Crippen molar-refractivity contribution in [3.05, 3.63) is 47.5 Å². The first-order valence-corrected chi connectivity index (χ1v) is 7.59. The number of hydrogen-bond donors (Lipinski definition) is 1. The molecule has 0 atom stereocenters. The maximum absolute atomic E-state index is 12.3. The molecular weight excluding hydrogens is 292 g/mol. The number of rotatable bonds is 4. The molecule has 2 aromatic rings. The Hall–Kier alpha value is -1.59. The number of nitrogens with two attached hydrogens (primary N) is 1. The van der Waals surface area contributed by atoms with Gasteiger partial charge in [0.15, 0.2) is 0 Å². The van der Waals surface area contributed by atoms with E-state index in [2.05, 4.69) is 6.07 Å². The molecule has 21 heavy (non-hydrogen) atoms. The van der Waals surface area contributed by atoms with E-state index in [4.69, 9.17) is 10.5 Å². The summed E-state index contributed by atoms with van der Waals surface area (Å²) in [6.07, 6.45) is 0.884. The molecule has 5 heteroatoms. The highest BCUT2D eigenvalue weighted by atomic mass is 32.2. The highest BCUT2D eigenvalue weighted by Gasteiger charge is 2.17. The maximum Gasteiger partial charge on any atom is 0.288 e. The summed E-state index contributed by atoms with van der Waals surface area (Å²) in [7, 11) is 0. The molecule has 0 aromatic heterocycles. The Labute approximate surface area is 126 Å². The van der Waals surface area contributed by atoms with Gasteiger partial charge in [0.1, 0.15) is 5.75 Å². The third-order valence-electron chi connectivity index (χ3n) is 3.49. The maximum atomic E-state index is 12.3. The van der Waals surface area contributed by atoms with E-state index in [1.54, 1.807) is 12.1 Å². The zero-order valence-electron chi connectivity index (χ0n) is 11.3. The minimum atomic E-state index is -2.39. The molecule has 0 unspecified atom stereocenters. The van der Waals surface area contributed by atoms with E-state index in [0.29, 0.717) is 29.8 Å². The molecule has 0 fully saturated rings. The number of hydrogen-bond acceptors (Lipinski definition) is 3. The van der Waals surface area contributed by atoms with Crippen LogP contribution in [0.1, 0.15) is 11.1 Å². The van der Waals surface area contributed by atoms with Gasteiger partial charge in [0.05, 0.1) is 6.61 Å². The minimum absolute atomic E-state index is 0.426. The topological polar surface area (TPSA) is 35.2 Å². The molecule has 0 spiro atoms. The normalized spacial score (nSPS) is 13.3. The fourth-order valence-electron chi connectivity index (χ4n) is 2.54. The fraction of sp³-hybridized carbons (Fsp3) is 0.250. The van der Waals surface area contributed by atoms with Crippen LogP contribution in [0.5, 0.6) is 5.75 Å². The first-order chi connectivity index (χ1) is 10.2. The lowest BCUT2D eigenvalue weighted by atomic mass is 9.98. The average molecular weight is 307 g/mol. The van der Waals surface area contributed by atoms with Crippen molar-refractivity contribution in [1.82, 2.24) is 0 Å². The molecule has 1 aliphatic heterocycles. The molecule has 0 aliphatic carbocycles. The van der Waals surface area contributed by atoms with Crippen molar-refractivity contribution in [2.45, 2.75) is 23.6 Å². The molecular formula is C16H15F2NOS. The van der Waals surface area contributed by atoms with Crippen LogP contribution < -0.4 is 10.5 Å². The van der Waals surface area contributed by atoms with Crippen LogP contribution in [0.15, 0.2) is 41.3 Å². The van der Waals surface area contributed by atoms with Gasteiger partial charge < -0.3 is 10.5 Å². The van der Waals surface area contributed by atoms with Gasteiger partial charge in [-0.3, -0.25) is 0 Å². The third-order valence-corrected chi connectivity index (χ3v) is 4.22. The second-order valence-electron chi connectivity index (χ2n) is 4.83. The van der Waals surface area contributed by atoms with Crippen LogP contribution in [0.3, 0.4) is 0 Å². The van der Waals surface area contributed by atoms with E-state index in [1.807, 2.05) is 18.2 Å². The van der Waals surface area contributed by atoms with Gasteiger partial charge in [0.2, 0.25) is 0 Å². The van der Waals surface area contributed by atoms with Crippen LogP contribution >= 0.6 is 11.8 Å². The van der Waals surface area contributed by atoms with Crippen molar-refractivity contribution in [1.29, 1.82) is 0 Å². The molecule has 0 radical (unpaired) electrons.